The highest BCUT2D eigenvalue weighted by molar-refractivity contribution is 5.79. The molecule has 1 amide bonds. The zero-order valence-corrected chi connectivity index (χ0v) is 14.7. The summed E-state index contributed by atoms with van der Waals surface area (Å²) in [4.78, 5) is 12.7. The van der Waals surface area contributed by atoms with Crippen molar-refractivity contribution in [1.29, 1.82) is 0 Å². The molecule has 0 heterocycles. The van der Waals surface area contributed by atoms with Crippen LogP contribution in [0.4, 0.5) is 4.39 Å². The van der Waals surface area contributed by atoms with Crippen molar-refractivity contribution in [2.45, 2.75) is 62.9 Å². The van der Waals surface area contributed by atoms with Crippen LogP contribution in [-0.2, 0) is 10.2 Å². The maximum absolute atomic E-state index is 14.2. The minimum Gasteiger partial charge on any atom is -0.393 e. The summed E-state index contributed by atoms with van der Waals surface area (Å²) in [5.74, 6) is 1.02. The van der Waals surface area contributed by atoms with E-state index in [2.05, 4.69) is 5.32 Å². The predicted molar refractivity (Wildman–Crippen MR) is 94.5 cm³/mol. The van der Waals surface area contributed by atoms with Crippen molar-refractivity contribution < 1.29 is 14.3 Å². The van der Waals surface area contributed by atoms with Crippen LogP contribution in [0.1, 0.15) is 56.9 Å². The fraction of sp³-hybridized carbons (Fsp3) is 0.667. The van der Waals surface area contributed by atoms with E-state index in [0.29, 0.717) is 18.4 Å². The third kappa shape index (κ3) is 3.33. The minimum absolute atomic E-state index is 0.0639. The lowest BCUT2D eigenvalue weighted by Crippen LogP contribution is -2.48. The quantitative estimate of drug-likeness (QED) is 0.877. The van der Waals surface area contributed by atoms with Gasteiger partial charge in [-0.05, 0) is 68.4 Å². The van der Waals surface area contributed by atoms with Gasteiger partial charge in [0, 0.05) is 17.9 Å². The number of aliphatic hydroxyl groups excluding tert-OH is 1. The molecule has 2 atom stereocenters. The number of aliphatic hydroxyl groups is 1. The van der Waals surface area contributed by atoms with Gasteiger partial charge in [0.05, 0.1) is 6.10 Å². The van der Waals surface area contributed by atoms with E-state index in [1.165, 1.54) is 12.5 Å². The molecule has 1 aromatic carbocycles. The number of carbonyl (C=O) groups excluding carboxylic acids is 1. The molecule has 3 aliphatic rings. The van der Waals surface area contributed by atoms with Crippen molar-refractivity contribution in [2.24, 2.45) is 17.8 Å². The Bertz CT molecular complexity index is 625. The fourth-order valence-corrected chi connectivity index (χ4v) is 5.47. The van der Waals surface area contributed by atoms with Gasteiger partial charge in [0.1, 0.15) is 5.82 Å². The molecule has 4 heteroatoms. The molecule has 2 unspecified atom stereocenters. The molecule has 2 bridgehead atoms. The number of carbonyl (C=O) groups is 1. The summed E-state index contributed by atoms with van der Waals surface area (Å²) in [6.45, 7) is 0.543. The van der Waals surface area contributed by atoms with Gasteiger partial charge in [0.2, 0.25) is 5.91 Å². The van der Waals surface area contributed by atoms with Crippen LogP contribution in [0.25, 0.3) is 0 Å². The molecule has 0 radical (unpaired) electrons. The SMILES string of the molecule is O=C(NCC1(c2ccccc2F)CCC1)C1CC2CC(O)CC(C2)C1. The maximum atomic E-state index is 14.2. The lowest BCUT2D eigenvalue weighted by atomic mass is 9.64. The van der Waals surface area contributed by atoms with Gasteiger partial charge >= 0.3 is 0 Å². The summed E-state index contributed by atoms with van der Waals surface area (Å²) in [5, 5.41) is 13.1. The van der Waals surface area contributed by atoms with E-state index >= 15 is 0 Å². The zero-order valence-electron chi connectivity index (χ0n) is 14.7. The molecule has 0 aliphatic heterocycles. The van der Waals surface area contributed by atoms with Crippen molar-refractivity contribution in [1.82, 2.24) is 5.32 Å². The van der Waals surface area contributed by atoms with Gasteiger partial charge in [0.25, 0.3) is 0 Å². The van der Waals surface area contributed by atoms with Gasteiger partial charge in [-0.1, -0.05) is 24.6 Å². The largest absolute Gasteiger partial charge is 0.393 e. The Morgan fingerprint density at radius 2 is 1.80 bits per heavy atom. The van der Waals surface area contributed by atoms with E-state index in [0.717, 1.165) is 50.5 Å². The third-order valence-electron chi connectivity index (χ3n) is 6.84. The van der Waals surface area contributed by atoms with Crippen LogP contribution >= 0.6 is 0 Å². The molecular weight excluding hydrogens is 317 g/mol. The van der Waals surface area contributed by atoms with E-state index in [1.807, 2.05) is 12.1 Å². The van der Waals surface area contributed by atoms with Crippen LogP contribution in [0.15, 0.2) is 24.3 Å². The smallest absolute Gasteiger partial charge is 0.223 e. The summed E-state index contributed by atoms with van der Waals surface area (Å²) in [6, 6.07) is 6.99. The van der Waals surface area contributed by atoms with Crippen molar-refractivity contribution in [3.8, 4) is 0 Å². The van der Waals surface area contributed by atoms with Gasteiger partial charge in [-0.25, -0.2) is 4.39 Å². The Labute approximate surface area is 149 Å². The number of fused-ring (bicyclic) bond motifs is 2. The van der Waals surface area contributed by atoms with Crippen LogP contribution in [0.5, 0.6) is 0 Å². The lowest BCUT2D eigenvalue weighted by Gasteiger charge is -2.44. The lowest BCUT2D eigenvalue weighted by molar-refractivity contribution is -0.128. The van der Waals surface area contributed by atoms with Crippen molar-refractivity contribution in [3.63, 3.8) is 0 Å². The van der Waals surface area contributed by atoms with E-state index in [1.54, 1.807) is 6.07 Å². The first-order valence-corrected chi connectivity index (χ1v) is 9.76. The first kappa shape index (κ1) is 17.0. The normalized spacial score (nSPS) is 33.4. The molecule has 2 N–H and O–H groups in total. The van der Waals surface area contributed by atoms with Crippen molar-refractivity contribution >= 4 is 5.91 Å². The highest BCUT2D eigenvalue weighted by atomic mass is 19.1. The van der Waals surface area contributed by atoms with E-state index in [-0.39, 0.29) is 29.2 Å². The van der Waals surface area contributed by atoms with Gasteiger partial charge in [-0.3, -0.25) is 4.79 Å². The molecule has 3 aliphatic carbocycles. The molecule has 0 aromatic heterocycles. The fourth-order valence-electron chi connectivity index (χ4n) is 5.47. The van der Waals surface area contributed by atoms with Gasteiger partial charge in [-0.2, -0.15) is 0 Å². The molecule has 25 heavy (non-hydrogen) atoms. The van der Waals surface area contributed by atoms with Gasteiger partial charge in [0.15, 0.2) is 0 Å². The second-order valence-electron chi connectivity index (χ2n) is 8.59. The van der Waals surface area contributed by atoms with E-state index in [9.17, 15) is 14.3 Å². The van der Waals surface area contributed by atoms with Crippen molar-refractivity contribution in [3.05, 3.63) is 35.6 Å². The van der Waals surface area contributed by atoms with Crippen LogP contribution in [0.2, 0.25) is 0 Å². The van der Waals surface area contributed by atoms with Crippen LogP contribution in [0, 0.1) is 23.6 Å². The highest BCUT2D eigenvalue weighted by Crippen LogP contribution is 2.45. The number of hydrogen-bond donors (Lipinski definition) is 2. The Hall–Kier alpha value is -1.42. The Morgan fingerprint density at radius 1 is 1.12 bits per heavy atom. The summed E-state index contributed by atoms with van der Waals surface area (Å²) in [5.41, 5.74) is 0.534. The summed E-state index contributed by atoms with van der Waals surface area (Å²) >= 11 is 0. The van der Waals surface area contributed by atoms with Crippen LogP contribution < -0.4 is 5.32 Å². The zero-order chi connectivity index (χ0) is 17.4. The van der Waals surface area contributed by atoms with E-state index < -0.39 is 0 Å². The molecule has 3 fully saturated rings. The highest BCUT2D eigenvalue weighted by Gasteiger charge is 2.42. The van der Waals surface area contributed by atoms with Gasteiger partial charge in [-0.15, -0.1) is 0 Å². The molecule has 1 aromatic rings. The van der Waals surface area contributed by atoms with Gasteiger partial charge < -0.3 is 10.4 Å². The second kappa shape index (κ2) is 6.71. The topological polar surface area (TPSA) is 49.3 Å². The van der Waals surface area contributed by atoms with E-state index in [4.69, 9.17) is 0 Å². The first-order valence-electron chi connectivity index (χ1n) is 9.76. The predicted octanol–water partition coefficient (Wildman–Crippen LogP) is 3.55. The number of benzene rings is 1. The summed E-state index contributed by atoms with van der Waals surface area (Å²) in [6.07, 6.45) is 7.45. The number of halogens is 1. The Morgan fingerprint density at radius 3 is 2.40 bits per heavy atom. The average Bonchev–Trinajstić information content (AvgIpc) is 2.54. The standard InChI is InChI=1S/C21H28FNO2/c22-19-5-2-1-4-18(19)21(6-3-7-21)13-23-20(25)16-9-14-8-15(10-16)12-17(24)11-14/h1-2,4-5,14-17,24H,3,6-13H2,(H,23,25). The number of hydrogen-bond acceptors (Lipinski definition) is 2. The van der Waals surface area contributed by atoms with Crippen molar-refractivity contribution in [2.75, 3.05) is 6.54 Å². The molecule has 0 saturated heterocycles. The number of rotatable bonds is 4. The Balaban J connectivity index is 1.39. The molecule has 3 saturated carbocycles. The average molecular weight is 345 g/mol. The second-order valence-corrected chi connectivity index (χ2v) is 8.59. The molecule has 3 nitrogen and oxygen atoms in total. The molecular formula is C21H28FNO2. The van der Waals surface area contributed by atoms with Crippen LogP contribution in [-0.4, -0.2) is 23.7 Å². The Kier molecular flexibility index (Phi) is 4.57. The molecule has 4 rings (SSSR count). The number of amides is 1. The minimum atomic E-state index is -0.221. The molecule has 0 spiro atoms. The summed E-state index contributed by atoms with van der Waals surface area (Å²) in [7, 11) is 0. The summed E-state index contributed by atoms with van der Waals surface area (Å²) < 4.78 is 14.2. The van der Waals surface area contributed by atoms with Crippen LogP contribution in [0.3, 0.4) is 0 Å². The first-order chi connectivity index (χ1) is 12.1. The third-order valence-corrected chi connectivity index (χ3v) is 6.84. The monoisotopic (exact) mass is 345 g/mol. The number of nitrogens with one attached hydrogen (secondary N) is 1. The molecule has 136 valence electrons. The maximum Gasteiger partial charge on any atom is 0.223 e.